The van der Waals surface area contributed by atoms with Crippen LogP contribution in [-0.4, -0.2) is 45.3 Å². The van der Waals surface area contributed by atoms with Crippen molar-refractivity contribution < 1.29 is 13.5 Å². The third-order valence-electron chi connectivity index (χ3n) is 5.01. The van der Waals surface area contributed by atoms with Gasteiger partial charge in [0.25, 0.3) is 17.0 Å². The summed E-state index contributed by atoms with van der Waals surface area (Å²) in [6.07, 6.45) is -0.362. The van der Waals surface area contributed by atoms with Crippen molar-refractivity contribution >= 4 is 5.69 Å². The number of rotatable bonds is 5. The highest BCUT2D eigenvalue weighted by atomic mass is 19.3. The molecule has 2 aromatic heterocycles. The van der Waals surface area contributed by atoms with Crippen LogP contribution in [0.3, 0.4) is 0 Å². The molecule has 0 radical (unpaired) electrons. The maximum atomic E-state index is 14.6. The molecule has 1 unspecified atom stereocenters. The monoisotopic (exact) mass is 442 g/mol. The van der Waals surface area contributed by atoms with E-state index in [0.717, 1.165) is 11.1 Å². The minimum Gasteiger partial charge on any atom is -0.365 e. The van der Waals surface area contributed by atoms with Gasteiger partial charge in [-0.05, 0) is 23.8 Å². The Morgan fingerprint density at radius 1 is 1.22 bits per heavy atom. The van der Waals surface area contributed by atoms with Crippen molar-refractivity contribution in [2.45, 2.75) is 18.6 Å². The molecule has 3 aromatic rings. The van der Waals surface area contributed by atoms with Gasteiger partial charge in [0.2, 0.25) is 0 Å². The summed E-state index contributed by atoms with van der Waals surface area (Å²) >= 11 is 0. The van der Waals surface area contributed by atoms with Crippen molar-refractivity contribution in [3.05, 3.63) is 78.8 Å². The number of aromatic nitrogens is 4. The Morgan fingerprint density at radius 2 is 1.97 bits per heavy atom. The third-order valence-corrected chi connectivity index (χ3v) is 5.01. The molecule has 0 bridgehead atoms. The van der Waals surface area contributed by atoms with E-state index in [0.29, 0.717) is 11.1 Å². The number of aromatic amines is 3. The van der Waals surface area contributed by atoms with Crippen LogP contribution in [0.1, 0.15) is 11.1 Å². The number of ether oxygens (including phenoxy) is 1. The molecular formula is C20H16F2N6O4. The summed E-state index contributed by atoms with van der Waals surface area (Å²) in [5, 5.41) is 14.8. The molecule has 32 heavy (non-hydrogen) atoms. The number of alkyl halides is 2. The van der Waals surface area contributed by atoms with Crippen molar-refractivity contribution in [2.75, 3.05) is 18.0 Å². The zero-order valence-corrected chi connectivity index (χ0v) is 16.4. The van der Waals surface area contributed by atoms with Gasteiger partial charge in [0, 0.05) is 6.20 Å². The Kier molecular flexibility index (Phi) is 5.41. The van der Waals surface area contributed by atoms with Crippen molar-refractivity contribution in [3.8, 4) is 17.3 Å². The highest BCUT2D eigenvalue weighted by Gasteiger charge is 2.49. The van der Waals surface area contributed by atoms with Gasteiger partial charge in [-0.25, -0.2) is 18.7 Å². The Labute approximate surface area is 178 Å². The van der Waals surface area contributed by atoms with E-state index in [-0.39, 0.29) is 30.1 Å². The van der Waals surface area contributed by atoms with Gasteiger partial charge in [-0.3, -0.25) is 14.6 Å². The Morgan fingerprint density at radius 3 is 2.66 bits per heavy atom. The largest absolute Gasteiger partial charge is 0.365 e. The molecule has 3 N–H and O–H groups in total. The summed E-state index contributed by atoms with van der Waals surface area (Å²) < 4.78 is 34.6. The number of hydrogen-bond donors (Lipinski definition) is 3. The third kappa shape index (κ3) is 4.19. The summed E-state index contributed by atoms with van der Waals surface area (Å²) in [5.74, 6) is -3.24. The number of nitriles is 1. The first-order valence-corrected chi connectivity index (χ1v) is 9.42. The second-order valence-corrected chi connectivity index (χ2v) is 7.20. The van der Waals surface area contributed by atoms with Gasteiger partial charge < -0.3 is 14.6 Å². The van der Waals surface area contributed by atoms with Crippen LogP contribution in [-0.2, 0) is 11.3 Å². The molecule has 3 heterocycles. The molecule has 0 amide bonds. The number of nitrogens with one attached hydrogen (secondary N) is 3. The highest BCUT2D eigenvalue weighted by Crippen LogP contribution is 2.33. The predicted octanol–water partition coefficient (Wildman–Crippen LogP) is 0.726. The molecule has 10 nitrogen and oxygen atoms in total. The van der Waals surface area contributed by atoms with Crippen LogP contribution in [0.2, 0.25) is 0 Å². The number of H-pyrrole nitrogens is 3. The maximum absolute atomic E-state index is 14.6. The molecule has 1 aromatic carbocycles. The van der Waals surface area contributed by atoms with Gasteiger partial charge in [0.05, 0.1) is 42.6 Å². The van der Waals surface area contributed by atoms with E-state index in [2.05, 4.69) is 15.2 Å². The van der Waals surface area contributed by atoms with E-state index >= 15 is 0 Å². The summed E-state index contributed by atoms with van der Waals surface area (Å²) in [5.41, 5.74) is -1.24. The van der Waals surface area contributed by atoms with Crippen LogP contribution < -0.4 is 21.7 Å². The topological polar surface area (TPSA) is 148 Å². The molecular weight excluding hydrogens is 426 g/mol. The second-order valence-electron chi connectivity index (χ2n) is 7.20. The molecule has 0 saturated carbocycles. The Hall–Kier alpha value is -4.11. The average molecular weight is 442 g/mol. The smallest absolute Gasteiger partial charge is 0.325 e. The van der Waals surface area contributed by atoms with Crippen molar-refractivity contribution in [3.63, 3.8) is 0 Å². The van der Waals surface area contributed by atoms with E-state index in [1.54, 1.807) is 24.3 Å². The van der Waals surface area contributed by atoms with Crippen LogP contribution >= 0.6 is 0 Å². The van der Waals surface area contributed by atoms with Crippen LogP contribution in [0.5, 0.6) is 0 Å². The van der Waals surface area contributed by atoms with E-state index in [1.807, 2.05) is 11.1 Å². The molecule has 1 aliphatic heterocycles. The molecule has 1 atom stereocenters. The number of benzene rings is 1. The van der Waals surface area contributed by atoms with Gasteiger partial charge in [-0.1, -0.05) is 12.1 Å². The van der Waals surface area contributed by atoms with E-state index in [4.69, 9.17) is 10.00 Å². The Balaban J connectivity index is 1.55. The maximum Gasteiger partial charge on any atom is 0.325 e. The lowest BCUT2D eigenvalue weighted by atomic mass is 10.1. The van der Waals surface area contributed by atoms with Crippen LogP contribution in [0.4, 0.5) is 14.5 Å². The van der Waals surface area contributed by atoms with E-state index in [1.165, 1.54) is 6.07 Å². The van der Waals surface area contributed by atoms with Gasteiger partial charge in [-0.2, -0.15) is 10.4 Å². The normalized spacial score (nSPS) is 17.3. The first-order chi connectivity index (χ1) is 15.3. The fourth-order valence-corrected chi connectivity index (χ4v) is 3.35. The van der Waals surface area contributed by atoms with Crippen molar-refractivity contribution in [1.82, 2.24) is 20.2 Å². The van der Waals surface area contributed by atoms with Crippen molar-refractivity contribution in [2.24, 2.45) is 0 Å². The molecule has 164 valence electrons. The standard InChI is InChI=1S/C20H16F2N6O4/c21-20(22)10-28(8-16(20)32-9-12-3-1-11(6-23)2-4-12)15-5-14(26-27-18(15)30)13-7-24-19(31)25-17(13)29/h1-5,7,16H,8-10H2,(H,27,30)(H2,24,25,29,31). The molecule has 0 aliphatic carbocycles. The lowest BCUT2D eigenvalue weighted by Crippen LogP contribution is -2.34. The first-order valence-electron chi connectivity index (χ1n) is 9.42. The number of hydrogen-bond acceptors (Lipinski definition) is 7. The molecule has 0 spiro atoms. The van der Waals surface area contributed by atoms with Gasteiger partial charge >= 0.3 is 5.69 Å². The average Bonchev–Trinajstić information content (AvgIpc) is 3.07. The number of nitrogens with zero attached hydrogens (tertiary/aromatic N) is 3. The minimum absolute atomic E-state index is 0.00219. The summed E-state index contributed by atoms with van der Waals surface area (Å²) in [7, 11) is 0. The number of halogens is 2. The quantitative estimate of drug-likeness (QED) is 0.527. The lowest BCUT2D eigenvalue weighted by molar-refractivity contribution is -0.110. The highest BCUT2D eigenvalue weighted by molar-refractivity contribution is 5.62. The van der Waals surface area contributed by atoms with Gasteiger partial charge in [0.1, 0.15) is 11.8 Å². The van der Waals surface area contributed by atoms with Crippen LogP contribution in [0.15, 0.2) is 50.9 Å². The molecule has 1 fully saturated rings. The Bertz CT molecular complexity index is 1360. The minimum atomic E-state index is -3.24. The molecule has 12 heteroatoms. The fourth-order valence-electron chi connectivity index (χ4n) is 3.35. The summed E-state index contributed by atoms with van der Waals surface area (Å²) in [6, 6.07) is 9.54. The lowest BCUT2D eigenvalue weighted by Gasteiger charge is -2.17. The van der Waals surface area contributed by atoms with Gasteiger partial charge in [0.15, 0.2) is 0 Å². The van der Waals surface area contributed by atoms with E-state index in [9.17, 15) is 23.2 Å². The molecule has 1 aliphatic rings. The van der Waals surface area contributed by atoms with Crippen molar-refractivity contribution in [1.29, 1.82) is 5.26 Å². The SMILES string of the molecule is N#Cc1ccc(COC2CN(c3cc(-c4c[nH]c(=O)[nH]c4=O)n[nH]c3=O)CC2(F)F)cc1. The van der Waals surface area contributed by atoms with Crippen LogP contribution in [0, 0.1) is 11.3 Å². The first kappa shape index (κ1) is 21.1. The molecule has 4 rings (SSSR count). The summed E-state index contributed by atoms with van der Waals surface area (Å²) in [6.45, 7) is -1.12. The zero-order chi connectivity index (χ0) is 22.9. The zero-order valence-electron chi connectivity index (χ0n) is 16.4. The summed E-state index contributed by atoms with van der Waals surface area (Å²) in [4.78, 5) is 40.9. The molecule has 1 saturated heterocycles. The fraction of sp³-hybridized carbons (Fsp3) is 0.250. The second kappa shape index (κ2) is 8.20. The van der Waals surface area contributed by atoms with E-state index < -0.39 is 35.4 Å². The predicted molar refractivity (Wildman–Crippen MR) is 108 cm³/mol. The number of anilines is 1. The van der Waals surface area contributed by atoms with Gasteiger partial charge in [-0.15, -0.1) is 0 Å². The van der Waals surface area contributed by atoms with Crippen LogP contribution in [0.25, 0.3) is 11.3 Å².